The number of likely N-dealkylation sites (tertiary alicyclic amines) is 1. The molecule has 132 valence electrons. The van der Waals surface area contributed by atoms with Gasteiger partial charge < -0.3 is 4.90 Å². The number of nitrogens with one attached hydrogen (secondary N) is 1. The Morgan fingerprint density at radius 2 is 1.74 bits per heavy atom. The quantitative estimate of drug-likeness (QED) is 0.848. The molecule has 0 aromatic heterocycles. The number of carbonyl (C=O) groups excluding carboxylic acids is 3. The molecule has 1 saturated heterocycles. The summed E-state index contributed by atoms with van der Waals surface area (Å²) in [6.45, 7) is 11.9. The largest absolute Gasteiger partial charge is 0.330 e. The smallest absolute Gasteiger partial charge is 0.249 e. The minimum Gasteiger partial charge on any atom is -0.330 e. The summed E-state index contributed by atoms with van der Waals surface area (Å²) in [7, 11) is 1.85. The van der Waals surface area contributed by atoms with Crippen LogP contribution in [0.2, 0.25) is 0 Å². The van der Waals surface area contributed by atoms with Crippen molar-refractivity contribution in [2.75, 3.05) is 13.6 Å². The number of amides is 3. The van der Waals surface area contributed by atoms with Crippen molar-refractivity contribution in [1.29, 1.82) is 0 Å². The first-order chi connectivity index (χ1) is 10.5. The van der Waals surface area contributed by atoms with Crippen molar-refractivity contribution in [3.05, 3.63) is 0 Å². The van der Waals surface area contributed by atoms with Gasteiger partial charge in [0.1, 0.15) is 6.04 Å². The molecule has 0 spiro atoms. The zero-order chi connectivity index (χ0) is 17.9. The van der Waals surface area contributed by atoms with E-state index in [9.17, 15) is 14.4 Å². The third kappa shape index (κ3) is 4.77. The molecule has 0 saturated carbocycles. The number of hydrogen-bond donors (Lipinski definition) is 1. The van der Waals surface area contributed by atoms with Crippen molar-refractivity contribution in [2.24, 2.45) is 5.41 Å². The molecule has 0 unspecified atom stereocenters. The van der Waals surface area contributed by atoms with E-state index < -0.39 is 17.5 Å². The monoisotopic (exact) mass is 325 g/mol. The highest BCUT2D eigenvalue weighted by molar-refractivity contribution is 6.01. The van der Waals surface area contributed by atoms with Crippen molar-refractivity contribution in [2.45, 2.75) is 72.5 Å². The van der Waals surface area contributed by atoms with Gasteiger partial charge in [0.25, 0.3) is 0 Å². The molecule has 1 aliphatic heterocycles. The fraction of sp³-hybridized carbons (Fsp3) is 0.824. The van der Waals surface area contributed by atoms with Gasteiger partial charge in [-0.3, -0.25) is 24.6 Å². The van der Waals surface area contributed by atoms with Crippen LogP contribution in [-0.2, 0) is 14.4 Å². The summed E-state index contributed by atoms with van der Waals surface area (Å²) in [5.41, 5.74) is -0.530. The Labute approximate surface area is 139 Å². The average Bonchev–Trinajstić information content (AvgIpc) is 2.92. The molecule has 0 aliphatic carbocycles. The number of imide groups is 1. The van der Waals surface area contributed by atoms with E-state index in [4.69, 9.17) is 0 Å². The second kappa shape index (κ2) is 7.43. The highest BCUT2D eigenvalue weighted by Crippen LogP contribution is 2.25. The van der Waals surface area contributed by atoms with E-state index in [2.05, 4.69) is 5.32 Å². The average molecular weight is 325 g/mol. The van der Waals surface area contributed by atoms with E-state index in [0.29, 0.717) is 13.0 Å². The van der Waals surface area contributed by atoms with Crippen LogP contribution in [-0.4, -0.2) is 59.2 Å². The van der Waals surface area contributed by atoms with Crippen molar-refractivity contribution < 1.29 is 14.4 Å². The van der Waals surface area contributed by atoms with Crippen LogP contribution in [0.1, 0.15) is 54.4 Å². The Hall–Kier alpha value is -1.43. The number of rotatable bonds is 4. The molecular weight excluding hydrogens is 294 g/mol. The molecule has 0 bridgehead atoms. The predicted molar refractivity (Wildman–Crippen MR) is 89.7 cm³/mol. The van der Waals surface area contributed by atoms with Crippen LogP contribution in [0.5, 0.6) is 0 Å². The lowest BCUT2D eigenvalue weighted by Crippen LogP contribution is -2.54. The predicted octanol–water partition coefficient (Wildman–Crippen LogP) is 1.40. The van der Waals surface area contributed by atoms with Gasteiger partial charge in [-0.2, -0.15) is 0 Å². The Morgan fingerprint density at radius 1 is 1.17 bits per heavy atom. The summed E-state index contributed by atoms with van der Waals surface area (Å²) in [6, 6.07) is -0.731. The zero-order valence-corrected chi connectivity index (χ0v) is 15.5. The highest BCUT2D eigenvalue weighted by Gasteiger charge is 2.39. The van der Waals surface area contributed by atoms with Gasteiger partial charge in [-0.05, 0) is 40.7 Å². The van der Waals surface area contributed by atoms with Crippen LogP contribution in [0, 0.1) is 5.41 Å². The van der Waals surface area contributed by atoms with E-state index in [1.165, 1.54) is 0 Å². The number of hydrogen-bond acceptors (Lipinski definition) is 4. The van der Waals surface area contributed by atoms with E-state index in [1.807, 2.05) is 46.6 Å². The lowest BCUT2D eigenvalue weighted by atomic mass is 9.94. The molecule has 6 heteroatoms. The normalized spacial score (nSPS) is 20.0. The SMILES string of the molecule is CC(C)N(C)[C@@H](C)C(=O)NC(=O)[C@@H]1CCCN1C(=O)C(C)(C)C. The van der Waals surface area contributed by atoms with Gasteiger partial charge in [-0.1, -0.05) is 20.8 Å². The molecule has 3 amide bonds. The van der Waals surface area contributed by atoms with Crippen LogP contribution in [0.3, 0.4) is 0 Å². The van der Waals surface area contributed by atoms with E-state index in [1.54, 1.807) is 11.8 Å². The van der Waals surface area contributed by atoms with Gasteiger partial charge in [-0.25, -0.2) is 0 Å². The first-order valence-electron chi connectivity index (χ1n) is 8.34. The van der Waals surface area contributed by atoms with Crippen molar-refractivity contribution in [3.8, 4) is 0 Å². The maximum Gasteiger partial charge on any atom is 0.249 e. The molecule has 1 N–H and O–H groups in total. The van der Waals surface area contributed by atoms with Crippen LogP contribution in [0.25, 0.3) is 0 Å². The van der Waals surface area contributed by atoms with E-state index >= 15 is 0 Å². The van der Waals surface area contributed by atoms with Crippen molar-refractivity contribution >= 4 is 17.7 Å². The van der Waals surface area contributed by atoms with Gasteiger partial charge in [0.05, 0.1) is 6.04 Å². The molecule has 0 aromatic rings. The van der Waals surface area contributed by atoms with Crippen LogP contribution >= 0.6 is 0 Å². The lowest BCUT2D eigenvalue weighted by Gasteiger charge is -2.31. The summed E-state index contributed by atoms with van der Waals surface area (Å²) in [5.74, 6) is -0.731. The zero-order valence-electron chi connectivity index (χ0n) is 15.5. The Balaban J connectivity index is 2.73. The standard InChI is InChI=1S/C17H31N3O3/c1-11(2)19(7)12(3)14(21)18-15(22)13-9-8-10-20(13)16(23)17(4,5)6/h11-13H,8-10H2,1-7H3,(H,18,21,22)/t12-,13-/m0/s1. The molecule has 1 heterocycles. The molecule has 1 aliphatic rings. The van der Waals surface area contributed by atoms with Gasteiger partial charge >= 0.3 is 0 Å². The summed E-state index contributed by atoms with van der Waals surface area (Å²) in [6.07, 6.45) is 1.39. The summed E-state index contributed by atoms with van der Waals surface area (Å²) in [4.78, 5) is 40.7. The fourth-order valence-electron chi connectivity index (χ4n) is 2.65. The van der Waals surface area contributed by atoms with Gasteiger partial charge in [0.2, 0.25) is 17.7 Å². The van der Waals surface area contributed by atoms with Gasteiger partial charge in [-0.15, -0.1) is 0 Å². The second-order valence-electron chi connectivity index (χ2n) is 7.70. The van der Waals surface area contributed by atoms with Gasteiger partial charge in [0.15, 0.2) is 0 Å². The van der Waals surface area contributed by atoms with Crippen molar-refractivity contribution in [1.82, 2.24) is 15.1 Å². The summed E-state index contributed by atoms with van der Waals surface area (Å²) < 4.78 is 0. The number of likely N-dealkylation sites (N-methyl/N-ethyl adjacent to an activating group) is 1. The van der Waals surface area contributed by atoms with Crippen LogP contribution in [0.15, 0.2) is 0 Å². The van der Waals surface area contributed by atoms with Crippen LogP contribution in [0.4, 0.5) is 0 Å². The van der Waals surface area contributed by atoms with Gasteiger partial charge in [0, 0.05) is 18.0 Å². The first kappa shape index (κ1) is 19.6. The summed E-state index contributed by atoms with van der Waals surface area (Å²) in [5, 5.41) is 2.48. The second-order valence-corrected chi connectivity index (χ2v) is 7.70. The molecule has 0 radical (unpaired) electrons. The van der Waals surface area contributed by atoms with Crippen LogP contribution < -0.4 is 5.32 Å². The Bertz CT molecular complexity index is 468. The minimum atomic E-state index is -0.540. The van der Waals surface area contributed by atoms with E-state index in [0.717, 1.165) is 6.42 Å². The molecule has 1 fully saturated rings. The molecule has 6 nitrogen and oxygen atoms in total. The first-order valence-corrected chi connectivity index (χ1v) is 8.34. The molecule has 1 rings (SSSR count). The van der Waals surface area contributed by atoms with E-state index in [-0.39, 0.29) is 23.8 Å². The number of carbonyl (C=O) groups is 3. The molecule has 23 heavy (non-hydrogen) atoms. The number of nitrogens with zero attached hydrogens (tertiary/aromatic N) is 2. The Morgan fingerprint density at radius 3 is 2.22 bits per heavy atom. The van der Waals surface area contributed by atoms with Crippen molar-refractivity contribution in [3.63, 3.8) is 0 Å². The highest BCUT2D eigenvalue weighted by atomic mass is 16.2. The molecule has 2 atom stereocenters. The molecular formula is C17H31N3O3. The maximum atomic E-state index is 12.5. The third-order valence-corrected chi connectivity index (χ3v) is 4.51. The summed E-state index contributed by atoms with van der Waals surface area (Å²) >= 11 is 0. The maximum absolute atomic E-state index is 12.5. The topological polar surface area (TPSA) is 69.7 Å². The lowest BCUT2D eigenvalue weighted by molar-refractivity contribution is -0.146. The molecule has 0 aromatic carbocycles. The minimum absolute atomic E-state index is 0.0463. The Kier molecular flexibility index (Phi) is 6.33. The third-order valence-electron chi connectivity index (χ3n) is 4.51. The fourth-order valence-corrected chi connectivity index (χ4v) is 2.65.